The molecular weight excluding hydrogens is 240 g/mol. The molecule has 3 rings (SSSR count). The minimum absolute atomic E-state index is 0.311. The minimum Gasteiger partial charge on any atom is -0.374 e. The first-order chi connectivity index (χ1) is 9.34. The molecule has 108 valence electrons. The third kappa shape index (κ3) is 3.11. The van der Waals surface area contributed by atoms with E-state index in [1.54, 1.807) is 0 Å². The number of nitrogens with zero attached hydrogens (tertiary/aromatic N) is 1. The normalized spacial score (nSPS) is 35.8. The first-order valence-electron chi connectivity index (χ1n) is 7.99. The molecule has 2 aliphatic heterocycles. The van der Waals surface area contributed by atoms with Gasteiger partial charge in [0.25, 0.3) is 0 Å². The summed E-state index contributed by atoms with van der Waals surface area (Å²) < 4.78 is 5.84. The molecule has 0 radical (unpaired) electrons. The quantitative estimate of drug-likeness (QED) is 0.827. The van der Waals surface area contributed by atoms with Gasteiger partial charge in [0.15, 0.2) is 0 Å². The Kier molecular flexibility index (Phi) is 4.38. The average Bonchev–Trinajstić information content (AvgIpc) is 2.47. The number of hydrogen-bond acceptors (Lipinski definition) is 3. The Bertz CT molecular complexity index is 313. The van der Waals surface area contributed by atoms with Gasteiger partial charge in [0.05, 0.1) is 18.8 Å². The van der Waals surface area contributed by atoms with Crippen LogP contribution in [-0.2, 0) is 9.53 Å². The van der Waals surface area contributed by atoms with E-state index < -0.39 is 0 Å². The van der Waals surface area contributed by atoms with Crippen molar-refractivity contribution in [2.45, 2.75) is 69.6 Å². The summed E-state index contributed by atoms with van der Waals surface area (Å²) in [4.78, 5) is 14.7. The largest absolute Gasteiger partial charge is 0.374 e. The highest BCUT2D eigenvalue weighted by Gasteiger charge is 2.37. The molecule has 4 nitrogen and oxygen atoms in total. The van der Waals surface area contributed by atoms with E-state index in [1.165, 1.54) is 25.7 Å². The van der Waals surface area contributed by atoms with Crippen molar-refractivity contribution < 1.29 is 9.53 Å². The smallest absolute Gasteiger partial charge is 0.224 e. The average molecular weight is 266 g/mol. The molecule has 2 saturated heterocycles. The Morgan fingerprint density at radius 2 is 2.00 bits per heavy atom. The number of hydrogen-bond donors (Lipinski definition) is 1. The minimum atomic E-state index is 0.311. The van der Waals surface area contributed by atoms with E-state index in [9.17, 15) is 4.79 Å². The number of rotatable bonds is 2. The molecule has 0 aromatic rings. The van der Waals surface area contributed by atoms with Crippen molar-refractivity contribution in [1.82, 2.24) is 10.2 Å². The summed E-state index contributed by atoms with van der Waals surface area (Å²) in [5.74, 6) is 0.347. The molecule has 3 unspecified atom stereocenters. The summed E-state index contributed by atoms with van der Waals surface area (Å²) in [6.45, 7) is 2.60. The van der Waals surface area contributed by atoms with Gasteiger partial charge in [-0.05, 0) is 32.2 Å². The van der Waals surface area contributed by atoms with Crippen LogP contribution in [0, 0.1) is 0 Å². The highest BCUT2D eigenvalue weighted by Crippen LogP contribution is 2.29. The third-order valence-electron chi connectivity index (χ3n) is 4.89. The topological polar surface area (TPSA) is 41.6 Å². The van der Waals surface area contributed by atoms with E-state index in [1.807, 2.05) is 0 Å². The van der Waals surface area contributed by atoms with Crippen LogP contribution >= 0.6 is 0 Å². The van der Waals surface area contributed by atoms with Gasteiger partial charge >= 0.3 is 0 Å². The van der Waals surface area contributed by atoms with Gasteiger partial charge in [-0.1, -0.05) is 19.3 Å². The van der Waals surface area contributed by atoms with Gasteiger partial charge in [-0.3, -0.25) is 4.79 Å². The molecule has 0 aromatic carbocycles. The zero-order valence-corrected chi connectivity index (χ0v) is 11.8. The molecule has 1 aliphatic carbocycles. The SMILES string of the molecule is O=C(CC1CCCCN1)N1CCOC2CCCCC21. The lowest BCUT2D eigenvalue weighted by molar-refractivity contribution is -0.150. The molecule has 3 fully saturated rings. The van der Waals surface area contributed by atoms with Crippen LogP contribution < -0.4 is 5.32 Å². The van der Waals surface area contributed by atoms with E-state index >= 15 is 0 Å². The highest BCUT2D eigenvalue weighted by molar-refractivity contribution is 5.77. The number of carbonyl (C=O) groups excluding carboxylic acids is 1. The second-order valence-electron chi connectivity index (χ2n) is 6.20. The maximum atomic E-state index is 12.6. The molecule has 3 aliphatic rings. The summed E-state index contributed by atoms with van der Waals surface area (Å²) in [5, 5.41) is 3.48. The molecule has 1 amide bonds. The molecule has 3 atom stereocenters. The van der Waals surface area contributed by atoms with Crippen LogP contribution in [-0.4, -0.2) is 48.7 Å². The Labute approximate surface area is 115 Å². The number of morpholine rings is 1. The van der Waals surface area contributed by atoms with Gasteiger partial charge in [0.1, 0.15) is 0 Å². The van der Waals surface area contributed by atoms with E-state index in [-0.39, 0.29) is 0 Å². The van der Waals surface area contributed by atoms with Crippen LogP contribution in [0.15, 0.2) is 0 Å². The molecular formula is C15H26N2O2. The molecule has 2 heterocycles. The summed E-state index contributed by atoms with van der Waals surface area (Å²) in [6.07, 6.45) is 9.44. The molecule has 1 N–H and O–H groups in total. The summed E-state index contributed by atoms with van der Waals surface area (Å²) >= 11 is 0. The van der Waals surface area contributed by atoms with Crippen LogP contribution in [0.4, 0.5) is 0 Å². The summed E-state index contributed by atoms with van der Waals surface area (Å²) in [7, 11) is 0. The predicted octanol–water partition coefficient (Wildman–Crippen LogP) is 1.69. The Morgan fingerprint density at radius 3 is 2.84 bits per heavy atom. The van der Waals surface area contributed by atoms with E-state index in [2.05, 4.69) is 10.2 Å². The first-order valence-corrected chi connectivity index (χ1v) is 7.99. The standard InChI is InChI=1S/C15H26N2O2/c18-15(11-12-5-3-4-8-16-12)17-9-10-19-14-7-2-1-6-13(14)17/h12-14,16H,1-11H2. The van der Waals surface area contributed by atoms with Crippen LogP contribution in [0.1, 0.15) is 51.4 Å². The number of ether oxygens (including phenoxy) is 1. The molecule has 0 aromatic heterocycles. The van der Waals surface area contributed by atoms with Crippen molar-refractivity contribution in [3.63, 3.8) is 0 Å². The highest BCUT2D eigenvalue weighted by atomic mass is 16.5. The van der Waals surface area contributed by atoms with Crippen LogP contribution in [0.25, 0.3) is 0 Å². The predicted molar refractivity (Wildman–Crippen MR) is 74.0 cm³/mol. The summed E-state index contributed by atoms with van der Waals surface area (Å²) in [5.41, 5.74) is 0. The van der Waals surface area contributed by atoms with Gasteiger partial charge in [-0.25, -0.2) is 0 Å². The molecule has 0 bridgehead atoms. The maximum Gasteiger partial charge on any atom is 0.224 e. The zero-order valence-electron chi connectivity index (χ0n) is 11.8. The lowest BCUT2D eigenvalue weighted by Gasteiger charge is -2.44. The third-order valence-corrected chi connectivity index (χ3v) is 4.89. The van der Waals surface area contributed by atoms with Gasteiger partial charge in [-0.2, -0.15) is 0 Å². The van der Waals surface area contributed by atoms with Crippen molar-refractivity contribution in [2.75, 3.05) is 19.7 Å². The van der Waals surface area contributed by atoms with Crippen molar-refractivity contribution in [3.8, 4) is 0 Å². The van der Waals surface area contributed by atoms with Crippen LogP contribution in [0.3, 0.4) is 0 Å². The number of fused-ring (bicyclic) bond motifs is 1. The van der Waals surface area contributed by atoms with Gasteiger partial charge in [0, 0.05) is 19.0 Å². The monoisotopic (exact) mass is 266 g/mol. The fourth-order valence-corrected chi connectivity index (χ4v) is 3.83. The van der Waals surface area contributed by atoms with Crippen molar-refractivity contribution in [2.24, 2.45) is 0 Å². The molecule has 1 saturated carbocycles. The Hall–Kier alpha value is -0.610. The zero-order chi connectivity index (χ0) is 13.1. The van der Waals surface area contributed by atoms with E-state index in [4.69, 9.17) is 4.74 Å². The summed E-state index contributed by atoms with van der Waals surface area (Å²) in [6, 6.07) is 0.768. The fourth-order valence-electron chi connectivity index (χ4n) is 3.83. The molecule has 19 heavy (non-hydrogen) atoms. The molecule has 4 heteroatoms. The lowest BCUT2D eigenvalue weighted by atomic mass is 9.89. The van der Waals surface area contributed by atoms with Gasteiger partial charge in [0.2, 0.25) is 5.91 Å². The number of amides is 1. The van der Waals surface area contributed by atoms with Gasteiger partial charge < -0.3 is 15.0 Å². The number of nitrogens with one attached hydrogen (secondary N) is 1. The second-order valence-corrected chi connectivity index (χ2v) is 6.20. The number of piperidine rings is 1. The van der Waals surface area contributed by atoms with Crippen molar-refractivity contribution in [1.29, 1.82) is 0 Å². The van der Waals surface area contributed by atoms with Crippen molar-refractivity contribution in [3.05, 3.63) is 0 Å². The number of carbonyl (C=O) groups is 1. The maximum absolute atomic E-state index is 12.6. The molecule has 0 spiro atoms. The lowest BCUT2D eigenvalue weighted by Crippen LogP contribution is -2.55. The first kappa shape index (κ1) is 13.4. The van der Waals surface area contributed by atoms with E-state index in [0.29, 0.717) is 30.5 Å². The fraction of sp³-hybridized carbons (Fsp3) is 0.933. The Balaban J connectivity index is 1.58. The van der Waals surface area contributed by atoms with Crippen LogP contribution in [0.5, 0.6) is 0 Å². The van der Waals surface area contributed by atoms with Crippen LogP contribution in [0.2, 0.25) is 0 Å². The Morgan fingerprint density at radius 1 is 1.16 bits per heavy atom. The van der Waals surface area contributed by atoms with Crippen molar-refractivity contribution >= 4 is 5.91 Å². The van der Waals surface area contributed by atoms with E-state index in [0.717, 1.165) is 39.0 Å². The van der Waals surface area contributed by atoms with Gasteiger partial charge in [-0.15, -0.1) is 0 Å². The second kappa shape index (κ2) is 6.23.